The van der Waals surface area contributed by atoms with Crippen molar-refractivity contribution in [2.24, 2.45) is 0 Å². The molecule has 0 aliphatic rings. The van der Waals surface area contributed by atoms with Gasteiger partial charge in [-0.05, 0) is 31.5 Å². The molecule has 0 amide bonds. The average Bonchev–Trinajstić information content (AvgIpc) is 2.43. The fraction of sp³-hybridized carbons (Fsp3) is 0.286. The first kappa shape index (κ1) is 14.8. The molecule has 1 aromatic heterocycles. The van der Waals surface area contributed by atoms with Crippen LogP contribution >= 0.6 is 15.9 Å². The molecule has 1 heterocycles. The van der Waals surface area contributed by atoms with E-state index in [2.05, 4.69) is 31.2 Å². The molecule has 106 valence electrons. The summed E-state index contributed by atoms with van der Waals surface area (Å²) in [7, 11) is 0. The molecule has 0 fully saturated rings. The summed E-state index contributed by atoms with van der Waals surface area (Å²) in [5, 5.41) is 2.91. The molecule has 3 nitrogen and oxygen atoms in total. The standard InChI is InChI=1S/C14H14BrF2N3/c1-3-6-18-14-12(17)8(2)19-13(20-14)10-7-9(16)4-5-11(10)15/h4-5,7H,3,6H2,1-2H3,(H,18,19,20). The summed E-state index contributed by atoms with van der Waals surface area (Å²) in [6.45, 7) is 4.14. The molecule has 1 N–H and O–H groups in total. The first-order chi connectivity index (χ1) is 9.52. The highest BCUT2D eigenvalue weighted by atomic mass is 79.9. The summed E-state index contributed by atoms with van der Waals surface area (Å²) in [6, 6.07) is 4.23. The number of nitrogens with zero attached hydrogens (tertiary/aromatic N) is 2. The Morgan fingerprint density at radius 2 is 2.00 bits per heavy atom. The number of rotatable bonds is 4. The molecule has 0 atom stereocenters. The fourth-order valence-corrected chi connectivity index (χ4v) is 2.13. The third kappa shape index (κ3) is 3.12. The minimum atomic E-state index is -0.477. The number of halogens is 3. The maximum absolute atomic E-state index is 13.9. The molecule has 20 heavy (non-hydrogen) atoms. The van der Waals surface area contributed by atoms with Crippen molar-refractivity contribution in [3.63, 3.8) is 0 Å². The predicted octanol–water partition coefficient (Wildman–Crippen LogP) is 4.31. The van der Waals surface area contributed by atoms with Gasteiger partial charge >= 0.3 is 0 Å². The van der Waals surface area contributed by atoms with Gasteiger partial charge in [0, 0.05) is 16.6 Å². The van der Waals surface area contributed by atoms with Crippen molar-refractivity contribution in [1.82, 2.24) is 9.97 Å². The van der Waals surface area contributed by atoms with E-state index >= 15 is 0 Å². The van der Waals surface area contributed by atoms with Gasteiger partial charge in [-0.1, -0.05) is 22.9 Å². The number of aromatic nitrogens is 2. The number of hydrogen-bond donors (Lipinski definition) is 1. The molecule has 0 radical (unpaired) electrons. The van der Waals surface area contributed by atoms with E-state index in [1.165, 1.54) is 12.1 Å². The highest BCUT2D eigenvalue weighted by Gasteiger charge is 2.14. The summed E-state index contributed by atoms with van der Waals surface area (Å²) >= 11 is 3.33. The van der Waals surface area contributed by atoms with Crippen LogP contribution in [0.4, 0.5) is 14.6 Å². The minimum absolute atomic E-state index is 0.144. The van der Waals surface area contributed by atoms with E-state index < -0.39 is 11.6 Å². The van der Waals surface area contributed by atoms with Crippen molar-refractivity contribution in [3.8, 4) is 11.4 Å². The van der Waals surface area contributed by atoms with Crippen molar-refractivity contribution < 1.29 is 8.78 Å². The van der Waals surface area contributed by atoms with Crippen LogP contribution in [0.1, 0.15) is 19.0 Å². The molecule has 0 saturated carbocycles. The van der Waals surface area contributed by atoms with E-state index in [0.717, 1.165) is 6.42 Å². The number of benzene rings is 1. The van der Waals surface area contributed by atoms with Gasteiger partial charge in [-0.25, -0.2) is 18.7 Å². The Kier molecular flexibility index (Phi) is 4.65. The van der Waals surface area contributed by atoms with Crippen molar-refractivity contribution in [3.05, 3.63) is 40.0 Å². The molecular weight excluding hydrogens is 328 g/mol. The van der Waals surface area contributed by atoms with Crippen LogP contribution in [0.15, 0.2) is 22.7 Å². The molecule has 2 rings (SSSR count). The van der Waals surface area contributed by atoms with Gasteiger partial charge in [0.05, 0.1) is 5.69 Å². The molecule has 6 heteroatoms. The van der Waals surface area contributed by atoms with Crippen molar-refractivity contribution in [1.29, 1.82) is 0 Å². The zero-order valence-electron chi connectivity index (χ0n) is 11.2. The van der Waals surface area contributed by atoms with Gasteiger partial charge in [0.1, 0.15) is 5.82 Å². The number of aryl methyl sites for hydroxylation is 1. The second-order valence-electron chi connectivity index (χ2n) is 4.35. The predicted molar refractivity (Wildman–Crippen MR) is 78.6 cm³/mol. The molecule has 0 unspecified atom stereocenters. The summed E-state index contributed by atoms with van der Waals surface area (Å²) in [5.41, 5.74) is 0.720. The lowest BCUT2D eigenvalue weighted by molar-refractivity contribution is 0.605. The van der Waals surface area contributed by atoms with Crippen LogP contribution in [0.5, 0.6) is 0 Å². The highest BCUT2D eigenvalue weighted by Crippen LogP contribution is 2.28. The van der Waals surface area contributed by atoms with Crippen LogP contribution in [0.25, 0.3) is 11.4 Å². The quantitative estimate of drug-likeness (QED) is 0.900. The highest BCUT2D eigenvalue weighted by molar-refractivity contribution is 9.10. The topological polar surface area (TPSA) is 37.8 Å². The molecule has 0 aliphatic heterocycles. The van der Waals surface area contributed by atoms with Crippen LogP contribution in [0.2, 0.25) is 0 Å². The maximum Gasteiger partial charge on any atom is 0.186 e. The second-order valence-corrected chi connectivity index (χ2v) is 5.20. The van der Waals surface area contributed by atoms with Gasteiger partial charge in [-0.15, -0.1) is 0 Å². The van der Waals surface area contributed by atoms with Gasteiger partial charge in [0.2, 0.25) is 0 Å². The van der Waals surface area contributed by atoms with E-state index in [0.29, 0.717) is 16.6 Å². The molecule has 1 aromatic carbocycles. The third-order valence-electron chi connectivity index (χ3n) is 2.73. The second kappa shape index (κ2) is 6.26. The largest absolute Gasteiger partial charge is 0.368 e. The fourth-order valence-electron chi connectivity index (χ4n) is 1.71. The molecule has 2 aromatic rings. The summed E-state index contributed by atoms with van der Waals surface area (Å²) < 4.78 is 27.9. The Morgan fingerprint density at radius 3 is 2.70 bits per heavy atom. The zero-order chi connectivity index (χ0) is 14.7. The Balaban J connectivity index is 2.51. The zero-order valence-corrected chi connectivity index (χ0v) is 12.8. The van der Waals surface area contributed by atoms with E-state index in [1.807, 2.05) is 6.92 Å². The molecule has 0 spiro atoms. The number of anilines is 1. The Hall–Kier alpha value is -1.56. The van der Waals surface area contributed by atoms with Gasteiger partial charge in [0.25, 0.3) is 0 Å². The van der Waals surface area contributed by atoms with Crippen molar-refractivity contribution in [2.45, 2.75) is 20.3 Å². The molecule has 0 aliphatic carbocycles. The van der Waals surface area contributed by atoms with Crippen LogP contribution in [-0.4, -0.2) is 16.5 Å². The summed E-state index contributed by atoms with van der Waals surface area (Å²) in [6.07, 6.45) is 0.849. The van der Waals surface area contributed by atoms with Crippen molar-refractivity contribution >= 4 is 21.7 Å². The molecular formula is C14H14BrF2N3. The monoisotopic (exact) mass is 341 g/mol. The number of nitrogens with one attached hydrogen (secondary N) is 1. The van der Waals surface area contributed by atoms with Crippen LogP contribution < -0.4 is 5.32 Å². The lowest BCUT2D eigenvalue weighted by Gasteiger charge is -2.10. The third-order valence-corrected chi connectivity index (χ3v) is 3.42. The lowest BCUT2D eigenvalue weighted by atomic mass is 10.2. The van der Waals surface area contributed by atoms with E-state index in [1.54, 1.807) is 13.0 Å². The SMILES string of the molecule is CCCNc1nc(-c2cc(F)ccc2Br)nc(C)c1F. The number of hydrogen-bond acceptors (Lipinski definition) is 3. The van der Waals surface area contributed by atoms with E-state index in [4.69, 9.17) is 0 Å². The van der Waals surface area contributed by atoms with Crippen LogP contribution in [0.3, 0.4) is 0 Å². The Bertz CT molecular complexity index is 632. The van der Waals surface area contributed by atoms with Gasteiger partial charge in [-0.2, -0.15) is 0 Å². The molecule has 0 saturated heterocycles. The van der Waals surface area contributed by atoms with Crippen molar-refractivity contribution in [2.75, 3.05) is 11.9 Å². The maximum atomic E-state index is 13.9. The van der Waals surface area contributed by atoms with Crippen LogP contribution in [0, 0.1) is 18.6 Å². The average molecular weight is 342 g/mol. The first-order valence-corrected chi connectivity index (χ1v) is 7.05. The van der Waals surface area contributed by atoms with Gasteiger partial charge in [0.15, 0.2) is 17.5 Å². The van der Waals surface area contributed by atoms with Crippen LogP contribution in [-0.2, 0) is 0 Å². The van der Waals surface area contributed by atoms with E-state index in [9.17, 15) is 8.78 Å². The summed E-state index contributed by atoms with van der Waals surface area (Å²) in [4.78, 5) is 8.24. The molecule has 0 bridgehead atoms. The normalized spacial score (nSPS) is 10.7. The summed E-state index contributed by atoms with van der Waals surface area (Å²) in [5.74, 6) is -0.439. The lowest BCUT2D eigenvalue weighted by Crippen LogP contribution is -2.08. The van der Waals surface area contributed by atoms with E-state index in [-0.39, 0.29) is 17.3 Å². The smallest absolute Gasteiger partial charge is 0.186 e. The van der Waals surface area contributed by atoms with Gasteiger partial charge in [-0.3, -0.25) is 0 Å². The Labute approximate surface area is 124 Å². The first-order valence-electron chi connectivity index (χ1n) is 6.26. The minimum Gasteiger partial charge on any atom is -0.368 e. The Morgan fingerprint density at radius 1 is 1.25 bits per heavy atom. The van der Waals surface area contributed by atoms with Gasteiger partial charge < -0.3 is 5.32 Å².